The first-order valence-corrected chi connectivity index (χ1v) is 12.7. The first kappa shape index (κ1) is 23.9. The summed E-state index contributed by atoms with van der Waals surface area (Å²) in [5.41, 5.74) is 5.47. The Morgan fingerprint density at radius 2 is 1.86 bits per heavy atom. The van der Waals surface area contributed by atoms with Crippen molar-refractivity contribution in [3.8, 4) is 0 Å². The number of aromatic nitrogens is 2. The quantitative estimate of drug-likeness (QED) is 0.488. The van der Waals surface area contributed by atoms with Crippen molar-refractivity contribution in [2.24, 2.45) is 0 Å². The first-order valence-electron chi connectivity index (χ1n) is 12.3. The van der Waals surface area contributed by atoms with E-state index in [1.54, 1.807) is 12.1 Å². The smallest absolute Gasteiger partial charge is 0.174 e. The van der Waals surface area contributed by atoms with Crippen LogP contribution in [-0.2, 0) is 11.3 Å². The van der Waals surface area contributed by atoms with E-state index in [0.29, 0.717) is 5.11 Å². The molecule has 0 saturated carbocycles. The Balaban J connectivity index is 1.46. The Hall–Kier alpha value is -2.81. The standard InChI is InChI=1S/C27H32FN5OS/c1-19-18-23(20(2)32(19)13-5-12-31-14-16-34-17-15-31)26-25(24-6-3-4-11-29-24)30-27(35)33(26)22-9-7-21(28)8-10-22/h3-4,6-11,18,25-26H,5,12-17H2,1-2H3,(H,30,35). The van der Waals surface area contributed by atoms with Crippen molar-refractivity contribution < 1.29 is 9.13 Å². The third-order valence-corrected chi connectivity index (χ3v) is 7.41. The lowest BCUT2D eigenvalue weighted by atomic mass is 9.96. The average Bonchev–Trinajstić information content (AvgIpc) is 3.36. The molecule has 0 bridgehead atoms. The van der Waals surface area contributed by atoms with Crippen molar-refractivity contribution in [2.45, 2.75) is 38.9 Å². The number of morpholine rings is 1. The van der Waals surface area contributed by atoms with Gasteiger partial charge in [0.15, 0.2) is 5.11 Å². The van der Waals surface area contributed by atoms with Crippen molar-refractivity contribution in [1.82, 2.24) is 19.8 Å². The molecule has 5 rings (SSSR count). The number of hydrogen-bond acceptors (Lipinski definition) is 4. The fourth-order valence-corrected chi connectivity index (χ4v) is 5.65. The number of nitrogens with zero attached hydrogens (tertiary/aromatic N) is 4. The third-order valence-electron chi connectivity index (χ3n) is 7.09. The van der Waals surface area contributed by atoms with Gasteiger partial charge in [0.1, 0.15) is 5.82 Å². The Kier molecular flexibility index (Phi) is 7.13. The lowest BCUT2D eigenvalue weighted by Gasteiger charge is -2.28. The summed E-state index contributed by atoms with van der Waals surface area (Å²) < 4.78 is 21.6. The summed E-state index contributed by atoms with van der Waals surface area (Å²) in [6.07, 6.45) is 2.90. The summed E-state index contributed by atoms with van der Waals surface area (Å²) in [5, 5.41) is 4.12. The van der Waals surface area contributed by atoms with E-state index in [4.69, 9.17) is 17.0 Å². The summed E-state index contributed by atoms with van der Waals surface area (Å²) in [6.45, 7) is 10.1. The molecule has 0 radical (unpaired) electrons. The zero-order chi connectivity index (χ0) is 24.4. The average molecular weight is 494 g/mol. The monoisotopic (exact) mass is 493 g/mol. The number of thiocarbonyl (C=S) groups is 1. The third kappa shape index (κ3) is 4.96. The van der Waals surface area contributed by atoms with E-state index in [2.05, 4.69) is 44.6 Å². The number of aryl methyl sites for hydroxylation is 1. The van der Waals surface area contributed by atoms with Gasteiger partial charge in [0, 0.05) is 49.5 Å². The molecule has 2 aliphatic rings. The SMILES string of the molecule is Cc1cc(C2C(c3ccccn3)NC(=S)N2c2ccc(F)cc2)c(C)n1CCCN1CCOCC1. The van der Waals surface area contributed by atoms with E-state index >= 15 is 0 Å². The van der Waals surface area contributed by atoms with E-state index in [9.17, 15) is 4.39 Å². The van der Waals surface area contributed by atoms with Crippen LogP contribution in [0.4, 0.5) is 10.1 Å². The molecule has 35 heavy (non-hydrogen) atoms. The van der Waals surface area contributed by atoms with Gasteiger partial charge in [-0.2, -0.15) is 0 Å². The highest BCUT2D eigenvalue weighted by molar-refractivity contribution is 7.80. The topological polar surface area (TPSA) is 45.6 Å². The van der Waals surface area contributed by atoms with E-state index in [0.717, 1.165) is 57.2 Å². The molecule has 2 saturated heterocycles. The maximum Gasteiger partial charge on any atom is 0.174 e. The second kappa shape index (κ2) is 10.4. The molecule has 2 aliphatic heterocycles. The van der Waals surface area contributed by atoms with Crippen molar-refractivity contribution in [2.75, 3.05) is 37.7 Å². The van der Waals surface area contributed by atoms with Gasteiger partial charge < -0.3 is 19.5 Å². The Morgan fingerprint density at radius 3 is 2.57 bits per heavy atom. The van der Waals surface area contributed by atoms with Crippen LogP contribution in [0.15, 0.2) is 54.7 Å². The number of benzene rings is 1. The molecule has 2 unspecified atom stereocenters. The van der Waals surface area contributed by atoms with Gasteiger partial charge in [-0.25, -0.2) is 4.39 Å². The van der Waals surface area contributed by atoms with Crippen LogP contribution in [0.1, 0.15) is 41.1 Å². The minimum Gasteiger partial charge on any atom is -0.379 e. The minimum atomic E-state index is -0.261. The molecule has 4 heterocycles. The van der Waals surface area contributed by atoms with Crippen molar-refractivity contribution in [1.29, 1.82) is 0 Å². The maximum atomic E-state index is 13.7. The molecular weight excluding hydrogens is 461 g/mol. The molecule has 2 fully saturated rings. The molecule has 2 aromatic heterocycles. The zero-order valence-electron chi connectivity index (χ0n) is 20.3. The fourth-order valence-electron chi connectivity index (χ4n) is 5.30. The highest BCUT2D eigenvalue weighted by Crippen LogP contribution is 2.43. The summed E-state index contributed by atoms with van der Waals surface area (Å²) >= 11 is 5.81. The maximum absolute atomic E-state index is 13.7. The van der Waals surface area contributed by atoms with Crippen LogP contribution in [0, 0.1) is 19.7 Å². The zero-order valence-corrected chi connectivity index (χ0v) is 21.1. The fraction of sp³-hybridized carbons (Fsp3) is 0.407. The van der Waals surface area contributed by atoms with Gasteiger partial charge in [-0.1, -0.05) is 6.07 Å². The van der Waals surface area contributed by atoms with Crippen LogP contribution in [0.3, 0.4) is 0 Å². The van der Waals surface area contributed by atoms with Crippen LogP contribution in [-0.4, -0.2) is 52.4 Å². The molecule has 3 aromatic rings. The second-order valence-electron chi connectivity index (χ2n) is 9.26. The number of pyridine rings is 1. The van der Waals surface area contributed by atoms with Crippen molar-refractivity contribution in [3.63, 3.8) is 0 Å². The van der Waals surface area contributed by atoms with Crippen LogP contribution in [0.2, 0.25) is 0 Å². The minimum absolute atomic E-state index is 0.0953. The molecule has 0 aliphatic carbocycles. The number of ether oxygens (including phenoxy) is 1. The van der Waals surface area contributed by atoms with E-state index < -0.39 is 0 Å². The van der Waals surface area contributed by atoms with Crippen LogP contribution < -0.4 is 10.2 Å². The first-order chi connectivity index (χ1) is 17.0. The molecule has 184 valence electrons. The van der Waals surface area contributed by atoms with E-state index in [1.165, 1.54) is 29.1 Å². The van der Waals surface area contributed by atoms with E-state index in [-0.39, 0.29) is 17.9 Å². The van der Waals surface area contributed by atoms with E-state index in [1.807, 2.05) is 24.4 Å². The summed E-state index contributed by atoms with van der Waals surface area (Å²) in [6, 6.07) is 14.6. The molecule has 2 atom stereocenters. The van der Waals surface area contributed by atoms with Gasteiger partial charge in [-0.15, -0.1) is 0 Å². The normalized spacial score (nSPS) is 20.9. The molecule has 0 spiro atoms. The Bertz CT molecular complexity index is 1160. The summed E-state index contributed by atoms with van der Waals surface area (Å²) in [5.74, 6) is -0.261. The highest BCUT2D eigenvalue weighted by atomic mass is 32.1. The number of hydrogen-bond donors (Lipinski definition) is 1. The highest BCUT2D eigenvalue weighted by Gasteiger charge is 2.42. The predicted molar refractivity (Wildman–Crippen MR) is 140 cm³/mol. The van der Waals surface area contributed by atoms with Gasteiger partial charge in [0.25, 0.3) is 0 Å². The Morgan fingerprint density at radius 1 is 1.09 bits per heavy atom. The van der Waals surface area contributed by atoms with Crippen molar-refractivity contribution >= 4 is 23.0 Å². The van der Waals surface area contributed by atoms with Gasteiger partial charge in [-0.3, -0.25) is 9.88 Å². The van der Waals surface area contributed by atoms with Crippen LogP contribution in [0.25, 0.3) is 0 Å². The van der Waals surface area contributed by atoms with Gasteiger partial charge in [-0.05, 0) is 80.5 Å². The van der Waals surface area contributed by atoms with Gasteiger partial charge >= 0.3 is 0 Å². The lowest BCUT2D eigenvalue weighted by molar-refractivity contribution is 0.0369. The lowest BCUT2D eigenvalue weighted by Crippen LogP contribution is -2.37. The number of rotatable bonds is 7. The second-order valence-corrected chi connectivity index (χ2v) is 9.65. The molecule has 6 nitrogen and oxygen atoms in total. The molecule has 8 heteroatoms. The largest absolute Gasteiger partial charge is 0.379 e. The number of nitrogens with one attached hydrogen (secondary N) is 1. The Labute approximate surface area is 211 Å². The molecule has 0 amide bonds. The van der Waals surface area contributed by atoms with Crippen molar-refractivity contribution in [3.05, 3.63) is 83.2 Å². The molecular formula is C27H32FN5OS. The number of anilines is 1. The molecule has 1 aromatic carbocycles. The summed E-state index contributed by atoms with van der Waals surface area (Å²) in [7, 11) is 0. The van der Waals surface area contributed by atoms with Gasteiger partial charge in [0.05, 0.1) is 31.0 Å². The van der Waals surface area contributed by atoms with Crippen LogP contribution >= 0.6 is 12.2 Å². The summed E-state index contributed by atoms with van der Waals surface area (Å²) in [4.78, 5) is 9.22. The van der Waals surface area contributed by atoms with Crippen LogP contribution in [0.5, 0.6) is 0 Å². The van der Waals surface area contributed by atoms with Gasteiger partial charge in [0.2, 0.25) is 0 Å². The predicted octanol–water partition coefficient (Wildman–Crippen LogP) is 4.54. The molecule has 1 N–H and O–H groups in total. The number of halogens is 1.